The second-order valence-electron chi connectivity index (χ2n) is 6.10. The molecule has 1 N–H and O–H groups in total. The minimum absolute atomic E-state index is 0.194. The summed E-state index contributed by atoms with van der Waals surface area (Å²) < 4.78 is 16.2. The highest BCUT2D eigenvalue weighted by Crippen LogP contribution is 2.36. The van der Waals surface area contributed by atoms with Crippen molar-refractivity contribution in [2.75, 3.05) is 19.5 Å². The van der Waals surface area contributed by atoms with E-state index < -0.39 is 5.91 Å². The van der Waals surface area contributed by atoms with Gasteiger partial charge in [0.05, 0.1) is 24.9 Å². The van der Waals surface area contributed by atoms with Crippen molar-refractivity contribution in [3.63, 3.8) is 0 Å². The van der Waals surface area contributed by atoms with E-state index in [1.54, 1.807) is 24.3 Å². The van der Waals surface area contributed by atoms with Crippen LogP contribution in [0, 0.1) is 13.8 Å². The minimum atomic E-state index is -0.396. The normalized spacial score (nSPS) is 10.6. The van der Waals surface area contributed by atoms with Crippen molar-refractivity contribution >= 4 is 23.2 Å². The minimum Gasteiger partial charge on any atom is -0.495 e. The molecule has 0 fully saturated rings. The van der Waals surface area contributed by atoms with E-state index in [2.05, 4.69) is 5.32 Å². The fourth-order valence-electron chi connectivity index (χ4n) is 2.65. The lowest BCUT2D eigenvalue weighted by atomic mass is 10.1. The van der Waals surface area contributed by atoms with Crippen molar-refractivity contribution in [3.05, 3.63) is 64.4 Å². The highest BCUT2D eigenvalue weighted by atomic mass is 35.5. The molecule has 140 valence electrons. The van der Waals surface area contributed by atoms with Crippen molar-refractivity contribution in [1.82, 2.24) is 0 Å². The molecule has 1 aromatic heterocycles. The largest absolute Gasteiger partial charge is 0.495 e. The number of anilines is 1. The number of methoxy groups -OCH3 is 2. The Morgan fingerprint density at radius 1 is 0.963 bits per heavy atom. The van der Waals surface area contributed by atoms with Crippen molar-refractivity contribution in [3.8, 4) is 22.8 Å². The Kier molecular flexibility index (Phi) is 5.42. The predicted octanol–water partition coefficient (Wildman–Crippen LogP) is 5.49. The van der Waals surface area contributed by atoms with Gasteiger partial charge in [0.15, 0.2) is 5.76 Å². The second-order valence-corrected chi connectivity index (χ2v) is 6.51. The van der Waals surface area contributed by atoms with E-state index in [0.717, 1.165) is 11.1 Å². The summed E-state index contributed by atoms with van der Waals surface area (Å²) in [5.41, 5.74) is 3.72. The number of benzene rings is 2. The first kappa shape index (κ1) is 18.9. The summed E-state index contributed by atoms with van der Waals surface area (Å²) in [6, 6.07) is 12.6. The first-order valence-corrected chi connectivity index (χ1v) is 8.71. The molecule has 0 saturated carbocycles. The molecular weight excluding hydrogens is 366 g/mol. The molecule has 0 aliphatic carbocycles. The summed E-state index contributed by atoms with van der Waals surface area (Å²) in [5.74, 6) is 1.29. The van der Waals surface area contributed by atoms with Gasteiger partial charge < -0.3 is 19.2 Å². The molecule has 6 heteroatoms. The van der Waals surface area contributed by atoms with Gasteiger partial charge in [-0.1, -0.05) is 23.7 Å². The number of carbonyl (C=O) groups is 1. The van der Waals surface area contributed by atoms with Gasteiger partial charge in [-0.25, -0.2) is 0 Å². The predicted molar refractivity (Wildman–Crippen MR) is 106 cm³/mol. The van der Waals surface area contributed by atoms with Crippen LogP contribution in [0.1, 0.15) is 21.7 Å². The Bertz CT molecular complexity index is 994. The molecule has 0 spiro atoms. The fraction of sp³-hybridized carbons (Fsp3) is 0.190. The van der Waals surface area contributed by atoms with Crippen molar-refractivity contribution in [1.29, 1.82) is 0 Å². The third-order valence-corrected chi connectivity index (χ3v) is 4.64. The van der Waals surface area contributed by atoms with Gasteiger partial charge in [-0.05, 0) is 43.2 Å². The van der Waals surface area contributed by atoms with Crippen molar-refractivity contribution in [2.45, 2.75) is 13.8 Å². The fourth-order valence-corrected chi connectivity index (χ4v) is 2.88. The van der Waals surface area contributed by atoms with E-state index in [9.17, 15) is 4.79 Å². The Morgan fingerprint density at radius 3 is 2.37 bits per heavy atom. The lowest BCUT2D eigenvalue weighted by Crippen LogP contribution is -2.12. The molecular formula is C21H20ClNO4. The van der Waals surface area contributed by atoms with E-state index in [-0.39, 0.29) is 5.76 Å². The van der Waals surface area contributed by atoms with E-state index in [1.165, 1.54) is 19.8 Å². The van der Waals surface area contributed by atoms with Gasteiger partial charge in [-0.15, -0.1) is 0 Å². The number of aryl methyl sites for hydroxylation is 2. The summed E-state index contributed by atoms with van der Waals surface area (Å²) in [5, 5.41) is 3.16. The number of ether oxygens (including phenoxy) is 2. The zero-order valence-corrected chi connectivity index (χ0v) is 16.3. The lowest BCUT2D eigenvalue weighted by Gasteiger charge is -2.12. The lowest BCUT2D eigenvalue weighted by molar-refractivity contribution is 0.0997. The number of amides is 1. The Hall–Kier alpha value is -2.92. The number of halogens is 1. The second kappa shape index (κ2) is 7.76. The number of nitrogens with one attached hydrogen (secondary N) is 1. The standard InChI is InChI=1S/C21H20ClNO4/c1-12-5-6-14(9-13(12)2)17-7-8-18(27-17)21(24)23-16-11-19(25-3)15(22)10-20(16)26-4/h5-11H,1-4H3,(H,23,24). The summed E-state index contributed by atoms with van der Waals surface area (Å²) in [6.45, 7) is 4.09. The summed E-state index contributed by atoms with van der Waals surface area (Å²) in [4.78, 5) is 12.6. The summed E-state index contributed by atoms with van der Waals surface area (Å²) >= 11 is 6.09. The van der Waals surface area contributed by atoms with E-state index in [0.29, 0.717) is 28.0 Å². The van der Waals surface area contributed by atoms with Crippen LogP contribution in [0.5, 0.6) is 11.5 Å². The van der Waals surface area contributed by atoms with Crippen LogP contribution in [-0.2, 0) is 0 Å². The molecule has 0 radical (unpaired) electrons. The summed E-state index contributed by atoms with van der Waals surface area (Å²) in [6.07, 6.45) is 0. The number of hydrogen-bond donors (Lipinski definition) is 1. The number of rotatable bonds is 5. The molecule has 0 atom stereocenters. The Balaban J connectivity index is 1.85. The van der Waals surface area contributed by atoms with Crippen LogP contribution in [0.15, 0.2) is 46.9 Å². The average molecular weight is 386 g/mol. The van der Waals surface area contributed by atoms with Gasteiger partial charge in [-0.3, -0.25) is 4.79 Å². The first-order valence-electron chi connectivity index (χ1n) is 8.33. The third kappa shape index (κ3) is 3.93. The van der Waals surface area contributed by atoms with E-state index in [4.69, 9.17) is 25.5 Å². The highest BCUT2D eigenvalue weighted by Gasteiger charge is 2.17. The van der Waals surface area contributed by atoms with Gasteiger partial charge in [0.1, 0.15) is 17.3 Å². The Morgan fingerprint density at radius 2 is 1.70 bits per heavy atom. The maximum atomic E-state index is 12.6. The molecule has 2 aromatic carbocycles. The van der Waals surface area contributed by atoms with Crippen LogP contribution >= 0.6 is 11.6 Å². The van der Waals surface area contributed by atoms with E-state index >= 15 is 0 Å². The highest BCUT2D eigenvalue weighted by molar-refractivity contribution is 6.32. The zero-order chi connectivity index (χ0) is 19.6. The zero-order valence-electron chi connectivity index (χ0n) is 15.6. The van der Waals surface area contributed by atoms with Gasteiger partial charge in [0.25, 0.3) is 5.91 Å². The van der Waals surface area contributed by atoms with Gasteiger partial charge in [0.2, 0.25) is 0 Å². The molecule has 1 heterocycles. The van der Waals surface area contributed by atoms with Gasteiger partial charge >= 0.3 is 0 Å². The SMILES string of the molecule is COc1cc(NC(=O)c2ccc(-c3ccc(C)c(C)c3)o2)c(OC)cc1Cl. The van der Waals surface area contributed by atoms with Gasteiger partial charge in [-0.2, -0.15) is 0 Å². The molecule has 0 aliphatic rings. The molecule has 5 nitrogen and oxygen atoms in total. The van der Waals surface area contributed by atoms with Crippen LogP contribution in [0.25, 0.3) is 11.3 Å². The first-order chi connectivity index (χ1) is 12.9. The summed E-state index contributed by atoms with van der Waals surface area (Å²) in [7, 11) is 3.00. The van der Waals surface area contributed by atoms with Crippen LogP contribution in [0.2, 0.25) is 5.02 Å². The molecule has 1 amide bonds. The molecule has 0 saturated heterocycles. The Labute approximate surface area is 162 Å². The van der Waals surface area contributed by atoms with Crippen LogP contribution in [-0.4, -0.2) is 20.1 Å². The third-order valence-electron chi connectivity index (χ3n) is 4.34. The molecule has 0 aliphatic heterocycles. The quantitative estimate of drug-likeness (QED) is 0.631. The molecule has 0 unspecified atom stereocenters. The number of furan rings is 1. The van der Waals surface area contributed by atoms with Crippen molar-refractivity contribution < 1.29 is 18.7 Å². The van der Waals surface area contributed by atoms with Crippen LogP contribution in [0.3, 0.4) is 0 Å². The monoisotopic (exact) mass is 385 g/mol. The maximum absolute atomic E-state index is 12.6. The van der Waals surface area contributed by atoms with Crippen molar-refractivity contribution in [2.24, 2.45) is 0 Å². The molecule has 0 bridgehead atoms. The molecule has 3 rings (SSSR count). The smallest absolute Gasteiger partial charge is 0.291 e. The molecule has 3 aromatic rings. The topological polar surface area (TPSA) is 60.7 Å². The average Bonchev–Trinajstić information content (AvgIpc) is 3.15. The number of carbonyl (C=O) groups excluding carboxylic acids is 1. The van der Waals surface area contributed by atoms with E-state index in [1.807, 2.05) is 32.0 Å². The maximum Gasteiger partial charge on any atom is 0.291 e. The van der Waals surface area contributed by atoms with Crippen LogP contribution in [0.4, 0.5) is 5.69 Å². The number of hydrogen-bond acceptors (Lipinski definition) is 4. The van der Waals surface area contributed by atoms with Gasteiger partial charge in [0, 0.05) is 17.7 Å². The van der Waals surface area contributed by atoms with Crippen LogP contribution < -0.4 is 14.8 Å². The molecule has 27 heavy (non-hydrogen) atoms.